The van der Waals surface area contributed by atoms with Crippen LogP contribution in [0.1, 0.15) is 5.56 Å². The van der Waals surface area contributed by atoms with Gasteiger partial charge in [0, 0.05) is 32.0 Å². The van der Waals surface area contributed by atoms with Gasteiger partial charge >= 0.3 is 0 Å². The summed E-state index contributed by atoms with van der Waals surface area (Å²) in [5, 5.41) is 9.10. The molecule has 0 amide bonds. The fourth-order valence-corrected chi connectivity index (χ4v) is 2.20. The van der Waals surface area contributed by atoms with Crippen molar-refractivity contribution < 1.29 is 4.74 Å². The number of aromatic nitrogens is 1. The predicted molar refractivity (Wildman–Crippen MR) is 69.5 cm³/mol. The Balaban J connectivity index is 2.11. The van der Waals surface area contributed by atoms with Crippen molar-refractivity contribution in [3.63, 3.8) is 0 Å². The molecule has 2 rings (SSSR count). The van der Waals surface area contributed by atoms with Crippen LogP contribution in [0.4, 0.5) is 5.69 Å². The molecule has 1 atom stereocenters. The second-order valence-electron chi connectivity index (χ2n) is 4.71. The molecule has 0 saturated carbocycles. The van der Waals surface area contributed by atoms with Crippen molar-refractivity contribution in [2.24, 2.45) is 0 Å². The third-order valence-electron chi connectivity index (χ3n) is 2.97. The largest absolute Gasteiger partial charge is 0.373 e. The Bertz CT molecular complexity index is 441. The molecular formula is C13H18N4O. The van der Waals surface area contributed by atoms with Gasteiger partial charge in [-0.2, -0.15) is 5.26 Å². The molecule has 0 radical (unpaired) electrons. The molecule has 96 valence electrons. The predicted octanol–water partition coefficient (Wildman–Crippen LogP) is 0.720. The van der Waals surface area contributed by atoms with Crippen molar-refractivity contribution >= 4 is 5.69 Å². The van der Waals surface area contributed by atoms with Crippen molar-refractivity contribution in [1.82, 2.24) is 9.88 Å². The minimum Gasteiger partial charge on any atom is -0.373 e. The number of hydrogen-bond donors (Lipinski definition) is 0. The summed E-state index contributed by atoms with van der Waals surface area (Å²) in [4.78, 5) is 8.31. The van der Waals surface area contributed by atoms with Gasteiger partial charge in [-0.1, -0.05) is 0 Å². The molecule has 18 heavy (non-hydrogen) atoms. The zero-order valence-electron chi connectivity index (χ0n) is 10.8. The Labute approximate surface area is 108 Å². The lowest BCUT2D eigenvalue weighted by atomic mass is 10.2. The average Bonchev–Trinajstić information content (AvgIpc) is 2.38. The average molecular weight is 246 g/mol. The van der Waals surface area contributed by atoms with Gasteiger partial charge in [-0.3, -0.25) is 4.98 Å². The zero-order chi connectivity index (χ0) is 13.0. The number of pyridine rings is 1. The van der Waals surface area contributed by atoms with Crippen LogP contribution in [0.5, 0.6) is 0 Å². The lowest BCUT2D eigenvalue weighted by molar-refractivity contribution is 0.0247. The highest BCUT2D eigenvalue weighted by Gasteiger charge is 2.22. The Kier molecular flexibility index (Phi) is 4.13. The van der Waals surface area contributed by atoms with Crippen molar-refractivity contribution in [1.29, 1.82) is 5.26 Å². The SMILES string of the molecule is CN(C)CC1CN(c2ccncc2C#N)CCO1. The molecule has 2 heterocycles. The molecule has 0 N–H and O–H groups in total. The Morgan fingerprint density at radius 2 is 2.44 bits per heavy atom. The first-order valence-corrected chi connectivity index (χ1v) is 6.06. The lowest BCUT2D eigenvalue weighted by Gasteiger charge is -2.35. The van der Waals surface area contributed by atoms with Gasteiger partial charge in [-0.05, 0) is 20.2 Å². The van der Waals surface area contributed by atoms with E-state index in [1.807, 2.05) is 20.2 Å². The van der Waals surface area contributed by atoms with Crippen LogP contribution in [0.15, 0.2) is 18.5 Å². The first-order valence-electron chi connectivity index (χ1n) is 6.06. The standard InChI is InChI=1S/C13H18N4O/c1-16(2)9-12-10-17(5-6-18-12)13-3-4-15-8-11(13)7-14/h3-4,8,12H,5-6,9-10H2,1-2H3. The summed E-state index contributed by atoms with van der Waals surface area (Å²) >= 11 is 0. The molecule has 0 bridgehead atoms. The van der Waals surface area contributed by atoms with Gasteiger partial charge < -0.3 is 14.5 Å². The van der Waals surface area contributed by atoms with E-state index < -0.39 is 0 Å². The van der Waals surface area contributed by atoms with Crippen LogP contribution in [0.3, 0.4) is 0 Å². The number of nitriles is 1. The summed E-state index contributed by atoms with van der Waals surface area (Å²) in [6.45, 7) is 3.23. The summed E-state index contributed by atoms with van der Waals surface area (Å²) in [5.41, 5.74) is 1.59. The maximum Gasteiger partial charge on any atom is 0.103 e. The van der Waals surface area contributed by atoms with E-state index in [1.54, 1.807) is 12.4 Å². The van der Waals surface area contributed by atoms with Crippen LogP contribution in [-0.2, 0) is 4.74 Å². The van der Waals surface area contributed by atoms with Gasteiger partial charge in [-0.25, -0.2) is 0 Å². The highest BCUT2D eigenvalue weighted by Crippen LogP contribution is 2.21. The Morgan fingerprint density at radius 1 is 1.61 bits per heavy atom. The smallest absolute Gasteiger partial charge is 0.103 e. The van der Waals surface area contributed by atoms with Crippen molar-refractivity contribution in [2.45, 2.75) is 6.10 Å². The topological polar surface area (TPSA) is 52.4 Å². The van der Waals surface area contributed by atoms with Crippen molar-refractivity contribution in [2.75, 3.05) is 45.2 Å². The minimum atomic E-state index is 0.188. The molecule has 0 aliphatic carbocycles. The summed E-state index contributed by atoms with van der Waals surface area (Å²) in [7, 11) is 4.07. The molecule has 0 spiro atoms. The highest BCUT2D eigenvalue weighted by molar-refractivity contribution is 5.58. The molecule has 1 aromatic heterocycles. The fourth-order valence-electron chi connectivity index (χ4n) is 2.20. The normalized spacial score (nSPS) is 19.9. The summed E-state index contributed by atoms with van der Waals surface area (Å²) in [6.07, 6.45) is 3.53. The van der Waals surface area contributed by atoms with E-state index in [4.69, 9.17) is 10.00 Å². The molecule has 5 nitrogen and oxygen atoms in total. The molecular weight excluding hydrogens is 228 g/mol. The van der Waals surface area contributed by atoms with Gasteiger partial charge in [0.15, 0.2) is 0 Å². The van der Waals surface area contributed by atoms with Crippen LogP contribution in [0, 0.1) is 11.3 Å². The summed E-state index contributed by atoms with van der Waals surface area (Å²) < 4.78 is 5.73. The lowest BCUT2D eigenvalue weighted by Crippen LogP contribution is -2.46. The highest BCUT2D eigenvalue weighted by atomic mass is 16.5. The summed E-state index contributed by atoms with van der Waals surface area (Å²) in [6, 6.07) is 4.09. The maximum atomic E-state index is 9.10. The second-order valence-corrected chi connectivity index (χ2v) is 4.71. The van der Waals surface area contributed by atoms with Gasteiger partial charge in [0.05, 0.1) is 24.0 Å². The van der Waals surface area contributed by atoms with Crippen molar-refractivity contribution in [3.05, 3.63) is 24.0 Å². The molecule has 0 aromatic carbocycles. The number of nitrogens with zero attached hydrogens (tertiary/aromatic N) is 4. The molecule has 5 heteroatoms. The number of anilines is 1. The van der Waals surface area contributed by atoms with Crippen LogP contribution < -0.4 is 4.90 Å². The number of likely N-dealkylation sites (N-methyl/N-ethyl adjacent to an activating group) is 1. The molecule has 1 aliphatic rings. The van der Waals surface area contributed by atoms with Crippen LogP contribution >= 0.6 is 0 Å². The number of ether oxygens (including phenoxy) is 1. The van der Waals surface area contributed by atoms with Gasteiger partial charge in [0.2, 0.25) is 0 Å². The molecule has 1 aromatic rings. The van der Waals surface area contributed by atoms with Gasteiger partial charge in [0.1, 0.15) is 6.07 Å². The van der Waals surface area contributed by atoms with E-state index in [-0.39, 0.29) is 6.10 Å². The van der Waals surface area contributed by atoms with E-state index in [9.17, 15) is 0 Å². The van der Waals surface area contributed by atoms with Crippen molar-refractivity contribution in [3.8, 4) is 6.07 Å². The quantitative estimate of drug-likeness (QED) is 0.786. The fraction of sp³-hybridized carbons (Fsp3) is 0.538. The molecule has 1 saturated heterocycles. The van der Waals surface area contributed by atoms with Crippen LogP contribution in [0.25, 0.3) is 0 Å². The molecule has 1 aliphatic heterocycles. The first-order chi connectivity index (χ1) is 8.70. The summed E-state index contributed by atoms with van der Waals surface area (Å²) in [5.74, 6) is 0. The van der Waals surface area contributed by atoms with E-state index >= 15 is 0 Å². The monoisotopic (exact) mass is 246 g/mol. The minimum absolute atomic E-state index is 0.188. The Hall–Kier alpha value is -1.64. The second kappa shape index (κ2) is 5.80. The van der Waals surface area contributed by atoms with E-state index in [0.29, 0.717) is 12.2 Å². The van der Waals surface area contributed by atoms with E-state index in [0.717, 1.165) is 25.3 Å². The maximum absolute atomic E-state index is 9.10. The van der Waals surface area contributed by atoms with E-state index in [1.165, 1.54) is 0 Å². The molecule has 1 fully saturated rings. The van der Waals surface area contributed by atoms with Gasteiger partial charge in [-0.15, -0.1) is 0 Å². The number of hydrogen-bond acceptors (Lipinski definition) is 5. The van der Waals surface area contributed by atoms with E-state index in [2.05, 4.69) is 20.9 Å². The zero-order valence-corrected chi connectivity index (χ0v) is 10.8. The van der Waals surface area contributed by atoms with Gasteiger partial charge in [0.25, 0.3) is 0 Å². The Morgan fingerprint density at radius 3 is 3.17 bits per heavy atom. The third-order valence-corrected chi connectivity index (χ3v) is 2.97. The number of rotatable bonds is 3. The molecule has 1 unspecified atom stereocenters. The van der Waals surface area contributed by atoms with Crippen LogP contribution in [0.2, 0.25) is 0 Å². The van der Waals surface area contributed by atoms with Crippen LogP contribution in [-0.4, -0.2) is 56.3 Å². The third kappa shape index (κ3) is 2.97. The number of morpholine rings is 1. The first kappa shape index (κ1) is 12.8.